The van der Waals surface area contributed by atoms with Crippen LogP contribution in [0, 0.1) is 5.92 Å². The molecule has 2 nitrogen and oxygen atoms in total. The standard InChI is InChI=1S/C48H32N2S2/c1-5-13-39-29(9-1)25-30-10-2-6-14-40(30)49(39)33-17-19-35-37-21-22-38-36-20-18-34(50-41-15-7-3-11-31(41)26-32-12-4-8-16-42(32)50)28-46(36)52-44-24-23-43(47(37)48(38)44)51-45(35)27-33/h1-24,27-28,37,47H,25-26H2. The minimum atomic E-state index is 0.322. The molecule has 2 atom stereocenters. The van der Waals surface area contributed by atoms with E-state index in [0.717, 1.165) is 12.8 Å². The lowest BCUT2D eigenvalue weighted by Crippen LogP contribution is -2.26. The fourth-order valence-electron chi connectivity index (χ4n) is 9.38. The van der Waals surface area contributed by atoms with Gasteiger partial charge in [-0.05, 0) is 104 Å². The maximum absolute atomic E-state index is 2.49. The number of para-hydroxylation sites is 4. The molecule has 6 aromatic carbocycles. The molecule has 0 spiro atoms. The van der Waals surface area contributed by atoms with Crippen molar-refractivity contribution in [3.63, 3.8) is 0 Å². The normalized spacial score (nSPS) is 19.6. The van der Waals surface area contributed by atoms with Crippen LogP contribution in [0.5, 0.6) is 0 Å². The van der Waals surface area contributed by atoms with Crippen molar-refractivity contribution in [2.75, 3.05) is 9.80 Å². The zero-order valence-electron chi connectivity index (χ0n) is 28.3. The van der Waals surface area contributed by atoms with E-state index >= 15 is 0 Å². The van der Waals surface area contributed by atoms with Crippen LogP contribution < -0.4 is 9.80 Å². The van der Waals surface area contributed by atoms with Crippen molar-refractivity contribution < 1.29 is 0 Å². The Morgan fingerprint density at radius 1 is 0.519 bits per heavy atom. The van der Waals surface area contributed by atoms with E-state index in [-0.39, 0.29) is 0 Å². The Morgan fingerprint density at radius 3 is 1.65 bits per heavy atom. The molecule has 246 valence electrons. The molecule has 4 aliphatic heterocycles. The van der Waals surface area contributed by atoms with Gasteiger partial charge < -0.3 is 9.80 Å². The number of hydrogen-bond donors (Lipinski definition) is 0. The van der Waals surface area contributed by atoms with Gasteiger partial charge >= 0.3 is 0 Å². The zero-order valence-corrected chi connectivity index (χ0v) is 29.9. The van der Waals surface area contributed by atoms with Crippen molar-refractivity contribution in [2.24, 2.45) is 5.92 Å². The molecule has 0 N–H and O–H groups in total. The van der Waals surface area contributed by atoms with E-state index in [4.69, 9.17) is 0 Å². The number of anilines is 6. The van der Waals surface area contributed by atoms with Gasteiger partial charge in [0.1, 0.15) is 0 Å². The summed E-state index contributed by atoms with van der Waals surface area (Å²) in [6.45, 7) is 0. The topological polar surface area (TPSA) is 6.48 Å². The average molecular weight is 701 g/mol. The monoisotopic (exact) mass is 700 g/mol. The van der Waals surface area contributed by atoms with Crippen LogP contribution in [-0.4, -0.2) is 0 Å². The number of allylic oxidation sites excluding steroid dienone is 7. The molecule has 0 bridgehead atoms. The van der Waals surface area contributed by atoms with Crippen molar-refractivity contribution in [1.82, 2.24) is 0 Å². The zero-order chi connectivity index (χ0) is 33.9. The number of thioether (sulfide) groups is 2. The minimum Gasteiger partial charge on any atom is -0.310 e. The van der Waals surface area contributed by atoms with Crippen molar-refractivity contribution in [3.8, 4) is 0 Å². The summed E-state index contributed by atoms with van der Waals surface area (Å²) < 4.78 is 0. The molecule has 6 aromatic rings. The molecule has 4 heteroatoms. The third-order valence-electron chi connectivity index (χ3n) is 11.7. The van der Waals surface area contributed by atoms with Gasteiger partial charge in [-0.2, -0.15) is 0 Å². The molecular formula is C48H32N2S2. The van der Waals surface area contributed by atoms with Gasteiger partial charge in [-0.3, -0.25) is 0 Å². The Hall–Kier alpha value is -5.42. The van der Waals surface area contributed by atoms with Crippen LogP contribution in [0.2, 0.25) is 0 Å². The summed E-state index contributed by atoms with van der Waals surface area (Å²) in [5.41, 5.74) is 18.8. The Labute approximate surface area is 312 Å². The fraction of sp³-hybridized carbons (Fsp3) is 0.0833. The van der Waals surface area contributed by atoms with Gasteiger partial charge in [-0.15, -0.1) is 0 Å². The maximum Gasteiger partial charge on any atom is 0.0497 e. The molecule has 0 saturated carbocycles. The molecule has 0 amide bonds. The highest BCUT2D eigenvalue weighted by Gasteiger charge is 2.43. The summed E-state index contributed by atoms with van der Waals surface area (Å²) >= 11 is 3.92. The van der Waals surface area contributed by atoms with E-state index < -0.39 is 0 Å². The number of rotatable bonds is 2. The van der Waals surface area contributed by atoms with E-state index in [2.05, 4.69) is 168 Å². The highest BCUT2D eigenvalue weighted by Crippen LogP contribution is 2.62. The Morgan fingerprint density at radius 2 is 1.06 bits per heavy atom. The minimum absolute atomic E-state index is 0.322. The van der Waals surface area contributed by atoms with Gasteiger partial charge in [0, 0.05) is 73.5 Å². The molecule has 0 saturated heterocycles. The van der Waals surface area contributed by atoms with Crippen LogP contribution in [0.3, 0.4) is 0 Å². The highest BCUT2D eigenvalue weighted by molar-refractivity contribution is 8.04. The second kappa shape index (κ2) is 11.0. The number of hydrogen-bond acceptors (Lipinski definition) is 4. The van der Waals surface area contributed by atoms with Gasteiger partial charge in [0.05, 0.1) is 0 Å². The smallest absolute Gasteiger partial charge is 0.0497 e. The number of benzene rings is 6. The molecule has 12 rings (SSSR count). The first-order valence-corrected chi connectivity index (χ1v) is 19.8. The van der Waals surface area contributed by atoms with E-state index in [1.807, 2.05) is 23.5 Å². The molecule has 6 aliphatic rings. The maximum atomic E-state index is 2.49. The third-order valence-corrected chi connectivity index (χ3v) is 14.0. The first-order chi connectivity index (χ1) is 25.8. The summed E-state index contributed by atoms with van der Waals surface area (Å²) in [5.74, 6) is 0.670. The third kappa shape index (κ3) is 4.16. The van der Waals surface area contributed by atoms with Crippen molar-refractivity contribution in [2.45, 2.75) is 28.6 Å². The first kappa shape index (κ1) is 29.2. The SMILES string of the molecule is C1=CC2c3ccc(N4c5ccccc5Cc5ccccc54)cc3SC3=CC=C4Sc5cc(N6c7ccccc7Cc7ccccc76)ccc5C1=C4C32. The lowest BCUT2D eigenvalue weighted by molar-refractivity contribution is 0.642. The molecule has 52 heavy (non-hydrogen) atoms. The van der Waals surface area contributed by atoms with Crippen LogP contribution >= 0.6 is 23.5 Å². The summed E-state index contributed by atoms with van der Waals surface area (Å²) in [6, 6.07) is 49.8. The summed E-state index contributed by atoms with van der Waals surface area (Å²) in [5, 5.41) is 0. The van der Waals surface area contributed by atoms with E-state index in [9.17, 15) is 0 Å². The van der Waals surface area contributed by atoms with Gasteiger partial charge in [0.15, 0.2) is 0 Å². The van der Waals surface area contributed by atoms with E-state index in [1.165, 1.54) is 98.3 Å². The predicted octanol–water partition coefficient (Wildman–Crippen LogP) is 13.2. The molecule has 0 aromatic heterocycles. The number of nitrogens with zero attached hydrogens (tertiary/aromatic N) is 2. The Bertz CT molecular complexity index is 2590. The van der Waals surface area contributed by atoms with E-state index in [0.29, 0.717) is 11.8 Å². The Balaban J connectivity index is 0.930. The second-order valence-corrected chi connectivity index (χ2v) is 16.6. The summed E-state index contributed by atoms with van der Waals surface area (Å²) in [6.07, 6.45) is 11.7. The lowest BCUT2D eigenvalue weighted by atomic mass is 9.72. The molecule has 0 fully saturated rings. The number of fused-ring (bicyclic) bond motifs is 8. The van der Waals surface area contributed by atoms with Gasteiger partial charge in [0.25, 0.3) is 0 Å². The van der Waals surface area contributed by atoms with E-state index in [1.54, 1.807) is 0 Å². The quantitative estimate of drug-likeness (QED) is 0.177. The predicted molar refractivity (Wildman–Crippen MR) is 218 cm³/mol. The summed E-state index contributed by atoms with van der Waals surface area (Å²) in [4.78, 5) is 10.5. The van der Waals surface area contributed by atoms with Gasteiger partial charge in [-0.1, -0.05) is 127 Å². The van der Waals surface area contributed by atoms with Gasteiger partial charge in [0.2, 0.25) is 0 Å². The van der Waals surface area contributed by atoms with Crippen LogP contribution in [0.1, 0.15) is 39.3 Å². The van der Waals surface area contributed by atoms with Crippen LogP contribution in [0.25, 0.3) is 5.57 Å². The largest absolute Gasteiger partial charge is 0.310 e. The van der Waals surface area contributed by atoms with Crippen molar-refractivity contribution >= 4 is 63.2 Å². The van der Waals surface area contributed by atoms with Crippen LogP contribution in [0.4, 0.5) is 34.1 Å². The molecule has 0 radical (unpaired) electrons. The van der Waals surface area contributed by atoms with Gasteiger partial charge in [-0.25, -0.2) is 0 Å². The van der Waals surface area contributed by atoms with Crippen molar-refractivity contribution in [3.05, 3.63) is 207 Å². The lowest BCUT2D eigenvalue weighted by Gasteiger charge is -2.43. The molecular weight excluding hydrogens is 669 g/mol. The van der Waals surface area contributed by atoms with Crippen LogP contribution in [0.15, 0.2) is 183 Å². The molecule has 2 unspecified atom stereocenters. The Kier molecular flexibility index (Phi) is 6.20. The fourth-order valence-corrected chi connectivity index (χ4v) is 11.8. The first-order valence-electron chi connectivity index (χ1n) is 18.2. The molecule has 4 heterocycles. The summed E-state index contributed by atoms with van der Waals surface area (Å²) in [7, 11) is 0. The molecule has 2 aliphatic carbocycles. The second-order valence-electron chi connectivity index (χ2n) is 14.4. The average Bonchev–Trinajstić information content (AvgIpc) is 3.20. The van der Waals surface area contributed by atoms with Crippen LogP contribution in [-0.2, 0) is 12.8 Å². The van der Waals surface area contributed by atoms with Crippen molar-refractivity contribution in [1.29, 1.82) is 0 Å². The highest BCUT2D eigenvalue weighted by atomic mass is 32.2.